The lowest BCUT2D eigenvalue weighted by molar-refractivity contribution is -0.136. The Morgan fingerprint density at radius 2 is 1.82 bits per heavy atom. The zero-order chi connectivity index (χ0) is 24.0. The van der Waals surface area contributed by atoms with Crippen LogP contribution in [0.5, 0.6) is 0 Å². The zero-order valence-corrected chi connectivity index (χ0v) is 18.4. The molecule has 1 N–H and O–H groups in total. The number of nitrogens with zero attached hydrogens (tertiary/aromatic N) is 4. The highest BCUT2D eigenvalue weighted by Gasteiger charge is 2.40. The summed E-state index contributed by atoms with van der Waals surface area (Å²) >= 11 is 5.79. The molecule has 2 aliphatic rings. The van der Waals surface area contributed by atoms with Crippen LogP contribution >= 0.6 is 11.6 Å². The number of carbonyl (C=O) groups is 3. The number of rotatable bonds is 5. The maximum Gasteiger partial charge on any atom is 0.292 e. The summed E-state index contributed by atoms with van der Waals surface area (Å²) in [5.41, 5.74) is 1.75. The average molecular weight is 486 g/mol. The maximum atomic E-state index is 14.7. The van der Waals surface area contributed by atoms with Gasteiger partial charge in [-0.1, -0.05) is 41.1 Å². The minimum atomic E-state index is -3.20. The summed E-state index contributed by atoms with van der Waals surface area (Å²) in [6.07, 6.45) is 1.80. The van der Waals surface area contributed by atoms with E-state index >= 15 is 0 Å². The molecule has 2 aliphatic heterocycles. The van der Waals surface area contributed by atoms with E-state index in [-0.39, 0.29) is 36.8 Å². The van der Waals surface area contributed by atoms with Gasteiger partial charge >= 0.3 is 0 Å². The van der Waals surface area contributed by atoms with Crippen molar-refractivity contribution in [2.75, 3.05) is 0 Å². The highest BCUT2D eigenvalue weighted by atomic mass is 35.5. The first kappa shape index (κ1) is 22.1. The van der Waals surface area contributed by atoms with Gasteiger partial charge in [0.05, 0.1) is 6.20 Å². The Balaban J connectivity index is 1.39. The molecule has 8 nitrogen and oxygen atoms in total. The van der Waals surface area contributed by atoms with E-state index in [0.29, 0.717) is 27.4 Å². The second-order valence-electron chi connectivity index (χ2n) is 8.24. The van der Waals surface area contributed by atoms with Crippen LogP contribution in [0.4, 0.5) is 8.78 Å². The van der Waals surface area contributed by atoms with Gasteiger partial charge in [-0.3, -0.25) is 19.7 Å². The minimum Gasteiger partial charge on any atom is -0.322 e. The summed E-state index contributed by atoms with van der Waals surface area (Å²) in [6, 6.07) is 9.61. The first-order valence-corrected chi connectivity index (χ1v) is 10.9. The van der Waals surface area contributed by atoms with Gasteiger partial charge in [-0.15, -0.1) is 5.10 Å². The molecule has 3 heterocycles. The van der Waals surface area contributed by atoms with Gasteiger partial charge in [0, 0.05) is 34.7 Å². The number of amides is 3. The lowest BCUT2D eigenvalue weighted by Crippen LogP contribution is -2.52. The van der Waals surface area contributed by atoms with Gasteiger partial charge < -0.3 is 4.90 Å². The van der Waals surface area contributed by atoms with Crippen LogP contribution in [-0.2, 0) is 28.6 Å². The van der Waals surface area contributed by atoms with E-state index in [4.69, 9.17) is 11.6 Å². The number of aromatic nitrogens is 3. The van der Waals surface area contributed by atoms with Crippen LogP contribution in [0.1, 0.15) is 34.3 Å². The van der Waals surface area contributed by atoms with Gasteiger partial charge in [0.15, 0.2) is 0 Å². The Bertz CT molecular complexity index is 1310. The molecule has 34 heavy (non-hydrogen) atoms. The van der Waals surface area contributed by atoms with Crippen LogP contribution in [0.2, 0.25) is 5.02 Å². The van der Waals surface area contributed by atoms with E-state index < -0.39 is 24.4 Å². The summed E-state index contributed by atoms with van der Waals surface area (Å²) in [6.45, 7) is -0.581. The first-order valence-electron chi connectivity index (χ1n) is 10.5. The van der Waals surface area contributed by atoms with Crippen LogP contribution < -0.4 is 5.32 Å². The van der Waals surface area contributed by atoms with Crippen molar-refractivity contribution in [1.82, 2.24) is 25.2 Å². The molecule has 11 heteroatoms. The molecule has 1 atom stereocenters. The number of hydrogen-bond donors (Lipinski definition) is 1. The van der Waals surface area contributed by atoms with Gasteiger partial charge in [-0.05, 0) is 30.2 Å². The molecule has 1 unspecified atom stereocenters. The number of fused-ring (bicyclic) bond motifs is 1. The second kappa shape index (κ2) is 8.28. The van der Waals surface area contributed by atoms with E-state index in [9.17, 15) is 23.2 Å². The molecular weight excluding hydrogens is 468 g/mol. The molecule has 3 aromatic rings. The second-order valence-corrected chi connectivity index (χ2v) is 8.68. The molecule has 0 spiro atoms. The number of carbonyl (C=O) groups excluding carboxylic acids is 3. The first-order chi connectivity index (χ1) is 16.2. The number of alkyl halides is 2. The van der Waals surface area contributed by atoms with E-state index in [1.165, 1.54) is 35.4 Å². The molecule has 0 aliphatic carbocycles. The van der Waals surface area contributed by atoms with Crippen molar-refractivity contribution < 1.29 is 23.2 Å². The molecule has 1 saturated heterocycles. The normalized spacial score (nSPS) is 18.3. The highest BCUT2D eigenvalue weighted by molar-refractivity contribution is 6.30. The minimum absolute atomic E-state index is 0.143. The molecule has 174 valence electrons. The van der Waals surface area contributed by atoms with E-state index in [1.807, 2.05) is 0 Å². The zero-order valence-electron chi connectivity index (χ0n) is 17.7. The lowest BCUT2D eigenvalue weighted by Gasteiger charge is -2.29. The van der Waals surface area contributed by atoms with Gasteiger partial charge in [0.2, 0.25) is 11.8 Å². The van der Waals surface area contributed by atoms with Crippen molar-refractivity contribution in [2.45, 2.75) is 37.9 Å². The van der Waals surface area contributed by atoms with Crippen molar-refractivity contribution in [3.05, 3.63) is 70.4 Å². The van der Waals surface area contributed by atoms with Crippen LogP contribution in [0.3, 0.4) is 0 Å². The van der Waals surface area contributed by atoms with Gasteiger partial charge in [-0.25, -0.2) is 4.68 Å². The lowest BCUT2D eigenvalue weighted by atomic mass is 10.0. The SMILES string of the molecule is O=C1CCC(N2Cc3c(cccc3-c3cn(CC(F)(F)c4ccc(Cl)cc4)nn3)C2=O)C(=O)N1. The predicted molar refractivity (Wildman–Crippen MR) is 117 cm³/mol. The predicted octanol–water partition coefficient (Wildman–Crippen LogP) is 3.15. The third-order valence-corrected chi connectivity index (χ3v) is 6.28. The Labute approximate surface area is 197 Å². The van der Waals surface area contributed by atoms with Crippen LogP contribution in [-0.4, -0.2) is 43.7 Å². The fourth-order valence-electron chi connectivity index (χ4n) is 4.31. The van der Waals surface area contributed by atoms with Crippen LogP contribution in [0.15, 0.2) is 48.7 Å². The molecule has 1 aromatic heterocycles. The van der Waals surface area contributed by atoms with Crippen molar-refractivity contribution in [3.63, 3.8) is 0 Å². The van der Waals surface area contributed by atoms with E-state index in [0.717, 1.165) is 4.68 Å². The quantitative estimate of drug-likeness (QED) is 0.560. The smallest absolute Gasteiger partial charge is 0.292 e. The van der Waals surface area contributed by atoms with Crippen molar-refractivity contribution in [3.8, 4) is 11.3 Å². The summed E-state index contributed by atoms with van der Waals surface area (Å²) in [5, 5.41) is 10.5. The molecular formula is C23H18ClF2N5O3. The van der Waals surface area contributed by atoms with Crippen LogP contribution in [0.25, 0.3) is 11.3 Å². The van der Waals surface area contributed by atoms with Gasteiger partial charge in [-0.2, -0.15) is 8.78 Å². The number of piperidine rings is 1. The monoisotopic (exact) mass is 485 g/mol. The van der Waals surface area contributed by atoms with Crippen molar-refractivity contribution >= 4 is 29.3 Å². The van der Waals surface area contributed by atoms with Crippen LogP contribution in [0, 0.1) is 0 Å². The molecule has 3 amide bonds. The number of hydrogen-bond acceptors (Lipinski definition) is 5. The van der Waals surface area contributed by atoms with E-state index in [2.05, 4.69) is 15.6 Å². The third kappa shape index (κ3) is 3.94. The number of halogens is 3. The highest BCUT2D eigenvalue weighted by Crippen LogP contribution is 2.35. The number of imide groups is 1. The third-order valence-electron chi connectivity index (χ3n) is 6.02. The number of benzene rings is 2. The molecule has 1 fully saturated rings. The molecule has 0 saturated carbocycles. The Hall–Kier alpha value is -3.66. The fourth-order valence-corrected chi connectivity index (χ4v) is 4.44. The van der Waals surface area contributed by atoms with Crippen molar-refractivity contribution in [2.24, 2.45) is 0 Å². The summed E-state index contributed by atoms with van der Waals surface area (Å²) in [5.74, 6) is -4.40. The Morgan fingerprint density at radius 1 is 1.09 bits per heavy atom. The van der Waals surface area contributed by atoms with Gasteiger partial charge in [0.25, 0.3) is 11.8 Å². The maximum absolute atomic E-state index is 14.7. The Kier molecular flexibility index (Phi) is 5.40. The Morgan fingerprint density at radius 3 is 2.56 bits per heavy atom. The fraction of sp³-hybridized carbons (Fsp3) is 0.261. The largest absolute Gasteiger partial charge is 0.322 e. The average Bonchev–Trinajstić information content (AvgIpc) is 3.38. The standard InChI is InChI=1S/C23H18ClF2N5O3/c24-14-6-4-13(5-7-14)23(25,26)12-30-11-18(28-29-30)15-2-1-3-16-17(15)10-31(22(16)34)19-8-9-20(32)27-21(19)33/h1-7,11,19H,8-10,12H2,(H,27,32,33). The summed E-state index contributed by atoms with van der Waals surface area (Å²) < 4.78 is 30.5. The summed E-state index contributed by atoms with van der Waals surface area (Å²) in [7, 11) is 0. The molecule has 5 rings (SSSR count). The molecule has 2 aromatic carbocycles. The molecule has 0 bridgehead atoms. The topological polar surface area (TPSA) is 97.2 Å². The molecule has 0 radical (unpaired) electrons. The van der Waals surface area contributed by atoms with Gasteiger partial charge in [0.1, 0.15) is 18.3 Å². The van der Waals surface area contributed by atoms with E-state index in [1.54, 1.807) is 18.2 Å². The van der Waals surface area contributed by atoms with Crippen molar-refractivity contribution in [1.29, 1.82) is 0 Å². The number of nitrogens with one attached hydrogen (secondary N) is 1. The summed E-state index contributed by atoms with van der Waals surface area (Å²) in [4.78, 5) is 38.2.